The maximum atomic E-state index is 13.0. The van der Waals surface area contributed by atoms with E-state index in [-0.39, 0.29) is 35.8 Å². The number of sulfonamides is 1. The lowest BCUT2D eigenvalue weighted by molar-refractivity contribution is -0.136. The summed E-state index contributed by atoms with van der Waals surface area (Å²) in [6.45, 7) is 0.793. The highest BCUT2D eigenvalue weighted by Gasteiger charge is 2.33. The van der Waals surface area contributed by atoms with Gasteiger partial charge in [-0.3, -0.25) is 4.79 Å². The monoisotopic (exact) mass is 428 g/mol. The van der Waals surface area contributed by atoms with E-state index in [1.807, 2.05) is 0 Å². The largest absolute Gasteiger partial charge is 0.418 e. The van der Waals surface area contributed by atoms with E-state index in [9.17, 15) is 26.4 Å². The highest BCUT2D eigenvalue weighted by atomic mass is 32.2. The van der Waals surface area contributed by atoms with Crippen molar-refractivity contribution in [1.29, 1.82) is 0 Å². The molecule has 2 aromatic rings. The molecule has 1 aliphatic rings. The van der Waals surface area contributed by atoms with Crippen molar-refractivity contribution >= 4 is 21.5 Å². The summed E-state index contributed by atoms with van der Waals surface area (Å²) >= 11 is 0. The normalized spacial score (nSPS) is 15.8. The first kappa shape index (κ1) is 21.3. The predicted octanol–water partition coefficient (Wildman–Crippen LogP) is 3.02. The number of alkyl halides is 3. The molecule has 0 atom stereocenters. The minimum atomic E-state index is -4.54. The molecule has 0 amide bonds. The number of para-hydroxylation sites is 1. The average molecular weight is 428 g/mol. The van der Waals surface area contributed by atoms with Gasteiger partial charge in [-0.15, -0.1) is 0 Å². The highest BCUT2D eigenvalue weighted by Crippen LogP contribution is 2.34. The minimum absolute atomic E-state index is 0.0475. The standard InChI is InChI=1S/C19H19F3N2O4S/c20-19(21,22)16-3-1-2-4-17(16)23-13-18(25)14-5-7-15(8-6-14)29(26,27)24-9-11-28-12-10-24/h1-8,23H,9-13H2. The van der Waals surface area contributed by atoms with Gasteiger partial charge in [-0.2, -0.15) is 17.5 Å². The van der Waals surface area contributed by atoms with E-state index in [0.717, 1.165) is 6.07 Å². The zero-order chi connectivity index (χ0) is 21.1. The quantitative estimate of drug-likeness (QED) is 0.716. The first-order valence-electron chi connectivity index (χ1n) is 8.81. The van der Waals surface area contributed by atoms with Crippen LogP contribution in [0.5, 0.6) is 0 Å². The molecular weight excluding hydrogens is 409 g/mol. The van der Waals surface area contributed by atoms with Gasteiger partial charge in [-0.1, -0.05) is 12.1 Å². The Hall–Kier alpha value is -2.43. The van der Waals surface area contributed by atoms with E-state index in [4.69, 9.17) is 4.74 Å². The molecule has 2 aromatic carbocycles. The number of benzene rings is 2. The third-order valence-electron chi connectivity index (χ3n) is 4.46. The second-order valence-corrected chi connectivity index (χ2v) is 8.30. The van der Waals surface area contributed by atoms with Gasteiger partial charge in [-0.25, -0.2) is 8.42 Å². The van der Waals surface area contributed by atoms with Crippen LogP contribution in [0.1, 0.15) is 15.9 Å². The molecule has 10 heteroatoms. The second kappa shape index (κ2) is 8.52. The molecule has 0 spiro atoms. The third kappa shape index (κ3) is 4.95. The van der Waals surface area contributed by atoms with Crippen LogP contribution in [0.15, 0.2) is 53.4 Å². The SMILES string of the molecule is O=C(CNc1ccccc1C(F)(F)F)c1ccc(S(=O)(=O)N2CCOCC2)cc1. The van der Waals surface area contributed by atoms with Crippen LogP contribution in [-0.2, 0) is 20.9 Å². The molecule has 1 fully saturated rings. The van der Waals surface area contributed by atoms with Crippen LogP contribution in [0.4, 0.5) is 18.9 Å². The summed E-state index contributed by atoms with van der Waals surface area (Å²) in [5, 5.41) is 2.50. The number of nitrogens with zero attached hydrogens (tertiary/aromatic N) is 1. The number of halogens is 3. The van der Waals surface area contributed by atoms with E-state index >= 15 is 0 Å². The van der Waals surface area contributed by atoms with Gasteiger partial charge in [-0.05, 0) is 36.4 Å². The molecule has 0 saturated carbocycles. The Morgan fingerprint density at radius 3 is 2.28 bits per heavy atom. The summed E-state index contributed by atoms with van der Waals surface area (Å²) in [7, 11) is -3.68. The zero-order valence-electron chi connectivity index (χ0n) is 15.3. The summed E-state index contributed by atoms with van der Waals surface area (Å²) in [5.74, 6) is -0.461. The van der Waals surface area contributed by atoms with E-state index in [1.165, 1.54) is 46.8 Å². The molecule has 1 saturated heterocycles. The lowest BCUT2D eigenvalue weighted by Gasteiger charge is -2.26. The molecule has 1 heterocycles. The molecule has 0 unspecified atom stereocenters. The summed E-state index contributed by atoms with van der Waals surface area (Å²) < 4.78 is 70.6. The lowest BCUT2D eigenvalue weighted by Crippen LogP contribution is -2.40. The van der Waals surface area contributed by atoms with Crippen molar-refractivity contribution < 1.29 is 31.1 Å². The number of ether oxygens (including phenoxy) is 1. The van der Waals surface area contributed by atoms with E-state index in [0.29, 0.717) is 13.2 Å². The molecule has 0 bridgehead atoms. The number of carbonyl (C=O) groups is 1. The third-order valence-corrected chi connectivity index (χ3v) is 6.37. The van der Waals surface area contributed by atoms with Crippen LogP contribution in [0.25, 0.3) is 0 Å². The molecule has 29 heavy (non-hydrogen) atoms. The van der Waals surface area contributed by atoms with Crippen molar-refractivity contribution in [3.63, 3.8) is 0 Å². The van der Waals surface area contributed by atoms with E-state index in [1.54, 1.807) is 0 Å². The molecular formula is C19H19F3N2O4S. The minimum Gasteiger partial charge on any atom is -0.379 e. The van der Waals surface area contributed by atoms with Crippen LogP contribution in [0.2, 0.25) is 0 Å². The highest BCUT2D eigenvalue weighted by molar-refractivity contribution is 7.89. The molecule has 3 rings (SSSR count). The van der Waals surface area contributed by atoms with Gasteiger partial charge in [0.2, 0.25) is 10.0 Å². The van der Waals surface area contributed by atoms with Crippen LogP contribution in [-0.4, -0.2) is 51.4 Å². The zero-order valence-corrected chi connectivity index (χ0v) is 16.1. The fourth-order valence-electron chi connectivity index (χ4n) is 2.91. The smallest absolute Gasteiger partial charge is 0.379 e. The topological polar surface area (TPSA) is 75.7 Å². The first-order valence-corrected chi connectivity index (χ1v) is 10.2. The van der Waals surface area contributed by atoms with E-state index in [2.05, 4.69) is 5.32 Å². The first-order chi connectivity index (χ1) is 13.7. The van der Waals surface area contributed by atoms with Crippen molar-refractivity contribution in [3.05, 3.63) is 59.7 Å². The van der Waals surface area contributed by atoms with Gasteiger partial charge < -0.3 is 10.1 Å². The molecule has 0 aliphatic carbocycles. The molecule has 0 radical (unpaired) electrons. The van der Waals surface area contributed by atoms with Crippen LogP contribution in [0, 0.1) is 0 Å². The van der Waals surface area contributed by atoms with Gasteiger partial charge in [0.1, 0.15) is 0 Å². The molecule has 156 valence electrons. The van der Waals surface area contributed by atoms with Gasteiger partial charge in [0, 0.05) is 24.3 Å². The number of hydrogen-bond acceptors (Lipinski definition) is 5. The fourth-order valence-corrected chi connectivity index (χ4v) is 4.32. The summed E-state index contributed by atoms with van der Waals surface area (Å²) in [4.78, 5) is 12.4. The maximum absolute atomic E-state index is 13.0. The van der Waals surface area contributed by atoms with Crippen LogP contribution in [0.3, 0.4) is 0 Å². The average Bonchev–Trinajstić information content (AvgIpc) is 2.72. The van der Waals surface area contributed by atoms with E-state index < -0.39 is 27.5 Å². The number of nitrogens with one attached hydrogen (secondary N) is 1. The molecule has 0 aromatic heterocycles. The number of hydrogen-bond donors (Lipinski definition) is 1. The van der Waals surface area contributed by atoms with Gasteiger partial charge in [0.05, 0.1) is 30.2 Å². The number of ketones is 1. The Bertz CT molecular complexity index is 970. The second-order valence-electron chi connectivity index (χ2n) is 6.36. The summed E-state index contributed by atoms with van der Waals surface area (Å²) in [6, 6.07) is 10.2. The number of Topliss-reactive ketones (excluding diaryl/α,β-unsaturated/α-hetero) is 1. The van der Waals surface area contributed by atoms with Crippen molar-refractivity contribution in [2.75, 3.05) is 38.2 Å². The number of morpholine rings is 1. The Morgan fingerprint density at radius 2 is 1.66 bits per heavy atom. The van der Waals surface area contributed by atoms with Crippen LogP contribution >= 0.6 is 0 Å². The summed E-state index contributed by atoms with van der Waals surface area (Å²) in [6.07, 6.45) is -4.54. The summed E-state index contributed by atoms with van der Waals surface area (Å²) in [5.41, 5.74) is -0.859. The molecule has 1 aliphatic heterocycles. The number of anilines is 1. The predicted molar refractivity (Wildman–Crippen MR) is 100 cm³/mol. The van der Waals surface area contributed by atoms with Gasteiger partial charge >= 0.3 is 6.18 Å². The Balaban J connectivity index is 1.69. The van der Waals surface area contributed by atoms with Crippen molar-refractivity contribution in [3.8, 4) is 0 Å². The molecule has 1 N–H and O–H groups in total. The van der Waals surface area contributed by atoms with Crippen molar-refractivity contribution in [2.45, 2.75) is 11.1 Å². The number of rotatable bonds is 6. The Morgan fingerprint density at radius 1 is 1.03 bits per heavy atom. The molecule has 6 nitrogen and oxygen atoms in total. The Labute approximate surface area is 166 Å². The Kier molecular flexibility index (Phi) is 6.25. The van der Waals surface area contributed by atoms with Gasteiger partial charge in [0.25, 0.3) is 0 Å². The van der Waals surface area contributed by atoms with Crippen LogP contribution < -0.4 is 5.32 Å². The maximum Gasteiger partial charge on any atom is 0.418 e. The fraction of sp³-hybridized carbons (Fsp3) is 0.316. The van der Waals surface area contributed by atoms with Crippen molar-refractivity contribution in [1.82, 2.24) is 4.31 Å². The van der Waals surface area contributed by atoms with Crippen molar-refractivity contribution in [2.24, 2.45) is 0 Å². The van der Waals surface area contributed by atoms with Gasteiger partial charge in [0.15, 0.2) is 5.78 Å². The lowest BCUT2D eigenvalue weighted by atomic mass is 10.1. The number of carbonyl (C=O) groups excluding carboxylic acids is 1.